The van der Waals surface area contributed by atoms with Crippen molar-refractivity contribution in [3.05, 3.63) is 0 Å². The molecule has 3 rings (SSSR count). The van der Waals surface area contributed by atoms with E-state index < -0.39 is 18.0 Å². The van der Waals surface area contributed by atoms with Crippen LogP contribution in [0.25, 0.3) is 0 Å². The van der Waals surface area contributed by atoms with Gasteiger partial charge in [0.1, 0.15) is 6.10 Å². The number of likely N-dealkylation sites (N-methyl/N-ethyl adjacent to an activating group) is 2. The topological polar surface area (TPSA) is 66.9 Å². The molecule has 42 heavy (non-hydrogen) atoms. The zero-order chi connectivity index (χ0) is 31.6. The molecule has 9 atom stereocenters. The average Bonchev–Trinajstić information content (AvgIpc) is 2.82. The lowest BCUT2D eigenvalue weighted by Gasteiger charge is -2.49. The van der Waals surface area contributed by atoms with E-state index in [4.69, 9.17) is 18.9 Å². The van der Waals surface area contributed by atoms with Gasteiger partial charge in [-0.05, 0) is 76.9 Å². The summed E-state index contributed by atoms with van der Waals surface area (Å²) >= 11 is 0. The van der Waals surface area contributed by atoms with E-state index in [9.17, 15) is 5.11 Å². The summed E-state index contributed by atoms with van der Waals surface area (Å²) in [5.74, 6) is 1.17. The molecule has 0 bridgehead atoms. The molecule has 0 saturated carbocycles. The number of ether oxygens (including phenoxy) is 4. The summed E-state index contributed by atoms with van der Waals surface area (Å²) in [5.41, 5.74) is -0.264. The van der Waals surface area contributed by atoms with Crippen molar-refractivity contribution in [3.8, 4) is 0 Å². The Balaban J connectivity index is 1.83. The van der Waals surface area contributed by atoms with Crippen LogP contribution in [-0.2, 0) is 18.9 Å². The Labute approximate surface area is 258 Å². The third-order valence-electron chi connectivity index (χ3n) is 9.95. The number of likely N-dealkylation sites (tertiary alicyclic amines) is 1. The smallest absolute Gasteiger partial charge is 0.185 e. The van der Waals surface area contributed by atoms with Crippen LogP contribution in [0.2, 0.25) is 0 Å². The van der Waals surface area contributed by atoms with Crippen LogP contribution in [0.5, 0.6) is 0 Å². The van der Waals surface area contributed by atoms with Crippen molar-refractivity contribution in [1.82, 2.24) is 14.7 Å². The molecule has 8 nitrogen and oxygen atoms in total. The number of hydrogen-bond acceptors (Lipinski definition) is 8. The summed E-state index contributed by atoms with van der Waals surface area (Å²) < 4.78 is 26.1. The highest BCUT2D eigenvalue weighted by atomic mass is 16.7. The molecule has 0 aromatic rings. The van der Waals surface area contributed by atoms with Gasteiger partial charge in [-0.15, -0.1) is 0 Å². The molecule has 3 fully saturated rings. The highest BCUT2D eigenvalue weighted by Crippen LogP contribution is 2.40. The third kappa shape index (κ3) is 9.59. The van der Waals surface area contributed by atoms with Crippen LogP contribution in [0.1, 0.15) is 81.6 Å². The zero-order valence-electron chi connectivity index (χ0n) is 29.5. The second-order valence-corrected chi connectivity index (χ2v) is 16.8. The second-order valence-electron chi connectivity index (χ2n) is 16.8. The van der Waals surface area contributed by atoms with Crippen molar-refractivity contribution in [2.75, 3.05) is 67.6 Å². The summed E-state index contributed by atoms with van der Waals surface area (Å²) in [6.07, 6.45) is 0.878. The fraction of sp³-hybridized carbons (Fsp3) is 1.00. The normalized spacial score (nSPS) is 40.6. The summed E-state index contributed by atoms with van der Waals surface area (Å²) in [7, 11) is 8.13. The van der Waals surface area contributed by atoms with Gasteiger partial charge in [-0.3, -0.25) is 0 Å². The molecule has 8 heteroatoms. The molecule has 0 amide bonds. The number of rotatable bonds is 6. The van der Waals surface area contributed by atoms with Gasteiger partial charge in [-0.1, -0.05) is 48.5 Å². The number of hydrogen-bond donors (Lipinski definition) is 1. The van der Waals surface area contributed by atoms with Gasteiger partial charge >= 0.3 is 0 Å². The average molecular weight is 598 g/mol. The largest absolute Gasteiger partial charge is 0.386 e. The van der Waals surface area contributed by atoms with E-state index >= 15 is 0 Å². The molecular weight excluding hydrogens is 530 g/mol. The highest BCUT2D eigenvalue weighted by molar-refractivity contribution is 4.96. The molecule has 3 aliphatic heterocycles. The molecule has 3 aliphatic rings. The third-order valence-corrected chi connectivity index (χ3v) is 9.95. The summed E-state index contributed by atoms with van der Waals surface area (Å²) in [5, 5.41) is 11.3. The van der Waals surface area contributed by atoms with Crippen LogP contribution in [0, 0.1) is 28.6 Å². The van der Waals surface area contributed by atoms with Crippen molar-refractivity contribution in [1.29, 1.82) is 0 Å². The maximum Gasteiger partial charge on any atom is 0.185 e. The van der Waals surface area contributed by atoms with E-state index in [0.717, 1.165) is 52.0 Å². The molecule has 3 heterocycles. The Morgan fingerprint density at radius 1 is 1.02 bits per heavy atom. The van der Waals surface area contributed by atoms with Crippen molar-refractivity contribution in [2.24, 2.45) is 28.6 Å². The molecule has 0 spiro atoms. The SMILES string of the molecule is CO[C@]1(C)C[C@@H](C)CN(C)[C@H](C2CN(CC(C)(C)C)C2)COCC(C)(C)C[C@@H](C)[C@H]1O[C@@H]1O[C@H](C)C[C@H](N(C)C)[C@H]1O. The number of aliphatic hydroxyl groups excluding tert-OH is 1. The van der Waals surface area contributed by atoms with Gasteiger partial charge in [-0.25, -0.2) is 0 Å². The van der Waals surface area contributed by atoms with Crippen LogP contribution in [0.15, 0.2) is 0 Å². The maximum atomic E-state index is 11.3. The monoisotopic (exact) mass is 598 g/mol. The van der Waals surface area contributed by atoms with Crippen molar-refractivity contribution >= 4 is 0 Å². The predicted octanol–water partition coefficient (Wildman–Crippen LogP) is 4.59. The van der Waals surface area contributed by atoms with E-state index in [1.54, 1.807) is 0 Å². The standard InChI is InChI=1S/C34H67N3O5/c1-23-15-34(9,39-13)30(42-31-29(38)27(35(10)11)14-25(3)41-31)24(2)16-33(7,8)22-40-20-28(36(12)17-23)26-18-37(19-26)21-32(4,5)6/h23-31,38H,14-22H2,1-13H3/t23-,24-,25-,27+,28+,29-,30-,31+,34-/m1/s1. The van der Waals surface area contributed by atoms with Gasteiger partial charge < -0.3 is 38.8 Å². The molecule has 0 aliphatic carbocycles. The highest BCUT2D eigenvalue weighted by Gasteiger charge is 2.47. The molecule has 248 valence electrons. The van der Waals surface area contributed by atoms with Gasteiger partial charge in [0, 0.05) is 51.3 Å². The van der Waals surface area contributed by atoms with Crippen molar-refractivity contribution in [2.45, 2.75) is 124 Å². The van der Waals surface area contributed by atoms with Crippen LogP contribution in [0.3, 0.4) is 0 Å². The zero-order valence-corrected chi connectivity index (χ0v) is 29.5. The first kappa shape index (κ1) is 36.2. The Morgan fingerprint density at radius 3 is 2.24 bits per heavy atom. The molecule has 0 radical (unpaired) electrons. The van der Waals surface area contributed by atoms with Gasteiger partial charge in [0.15, 0.2) is 6.29 Å². The van der Waals surface area contributed by atoms with Crippen molar-refractivity contribution in [3.63, 3.8) is 0 Å². The van der Waals surface area contributed by atoms with Gasteiger partial charge in [0.25, 0.3) is 0 Å². The van der Waals surface area contributed by atoms with Gasteiger partial charge in [0.05, 0.1) is 31.0 Å². The van der Waals surface area contributed by atoms with Crippen LogP contribution >= 0.6 is 0 Å². The quantitative estimate of drug-likeness (QED) is 0.477. The predicted molar refractivity (Wildman–Crippen MR) is 171 cm³/mol. The number of methoxy groups -OCH3 is 1. The lowest BCUT2D eigenvalue weighted by molar-refractivity contribution is -0.298. The molecule has 0 unspecified atom stereocenters. The Bertz CT molecular complexity index is 828. The molecule has 3 saturated heterocycles. The first-order valence-corrected chi connectivity index (χ1v) is 16.5. The van der Waals surface area contributed by atoms with Crippen molar-refractivity contribution < 1.29 is 24.1 Å². The summed E-state index contributed by atoms with van der Waals surface area (Å²) in [6, 6.07) is 0.381. The minimum absolute atomic E-state index is 0.00448. The second kappa shape index (κ2) is 14.4. The Hall–Kier alpha value is -0.320. The molecular formula is C34H67N3O5. The van der Waals surface area contributed by atoms with Gasteiger partial charge in [0.2, 0.25) is 0 Å². The van der Waals surface area contributed by atoms with E-state index in [1.165, 1.54) is 0 Å². The Kier molecular flexibility index (Phi) is 12.4. The van der Waals surface area contributed by atoms with E-state index in [1.807, 2.05) is 21.2 Å². The maximum absolute atomic E-state index is 11.3. The number of aliphatic hydroxyl groups is 1. The molecule has 0 aromatic carbocycles. The summed E-state index contributed by atoms with van der Waals surface area (Å²) in [6.45, 7) is 26.3. The lowest BCUT2D eigenvalue weighted by atomic mass is 9.75. The number of nitrogens with zero attached hydrogens (tertiary/aromatic N) is 3. The summed E-state index contributed by atoms with van der Waals surface area (Å²) in [4.78, 5) is 7.23. The van der Waals surface area contributed by atoms with Crippen LogP contribution < -0.4 is 0 Å². The fourth-order valence-corrected chi connectivity index (χ4v) is 8.15. The van der Waals surface area contributed by atoms with E-state index in [-0.39, 0.29) is 29.6 Å². The van der Waals surface area contributed by atoms with E-state index in [0.29, 0.717) is 29.9 Å². The first-order chi connectivity index (χ1) is 19.3. The minimum Gasteiger partial charge on any atom is -0.386 e. The molecule has 1 N–H and O–H groups in total. The van der Waals surface area contributed by atoms with Crippen LogP contribution in [-0.4, -0.2) is 130 Å². The van der Waals surface area contributed by atoms with E-state index in [2.05, 4.69) is 84.1 Å². The van der Waals surface area contributed by atoms with Crippen LogP contribution in [0.4, 0.5) is 0 Å². The van der Waals surface area contributed by atoms with Gasteiger partial charge in [-0.2, -0.15) is 0 Å². The Morgan fingerprint density at radius 2 is 1.67 bits per heavy atom. The lowest BCUT2D eigenvalue weighted by Crippen LogP contribution is -2.59. The minimum atomic E-state index is -0.727. The molecule has 0 aromatic heterocycles. The fourth-order valence-electron chi connectivity index (χ4n) is 8.15. The first-order valence-electron chi connectivity index (χ1n) is 16.5.